The first-order chi connectivity index (χ1) is 8.93. The molecule has 19 heavy (non-hydrogen) atoms. The molecule has 1 aromatic rings. The van der Waals surface area contributed by atoms with Crippen LogP contribution in [0, 0.1) is 0 Å². The highest BCUT2D eigenvalue weighted by Gasteiger charge is 2.15. The summed E-state index contributed by atoms with van der Waals surface area (Å²) >= 11 is 0. The number of benzene rings is 1. The summed E-state index contributed by atoms with van der Waals surface area (Å²) in [5, 5.41) is 8.83. The van der Waals surface area contributed by atoms with Gasteiger partial charge in [0, 0.05) is 12.6 Å². The first-order valence-electron chi connectivity index (χ1n) is 6.07. The minimum atomic E-state index is -0.943. The molecule has 0 aliphatic heterocycles. The van der Waals surface area contributed by atoms with E-state index < -0.39 is 5.97 Å². The van der Waals surface area contributed by atoms with Gasteiger partial charge in [-0.3, -0.25) is 9.69 Å². The first kappa shape index (κ1) is 15.2. The Kier molecular flexibility index (Phi) is 5.51. The second kappa shape index (κ2) is 6.89. The van der Waals surface area contributed by atoms with Gasteiger partial charge in [-0.15, -0.1) is 0 Å². The Morgan fingerprint density at radius 2 is 1.84 bits per heavy atom. The van der Waals surface area contributed by atoms with Crippen molar-refractivity contribution in [2.24, 2.45) is 0 Å². The van der Waals surface area contributed by atoms with Crippen molar-refractivity contribution in [2.75, 3.05) is 13.7 Å². The van der Waals surface area contributed by atoms with Crippen molar-refractivity contribution in [1.82, 2.24) is 4.90 Å². The SMILES string of the molecule is COC(=O)CN(Cc1ccc(C(=O)O)cc1)C(C)C. The van der Waals surface area contributed by atoms with Gasteiger partial charge in [0.15, 0.2) is 0 Å². The van der Waals surface area contributed by atoms with Crippen LogP contribution in [-0.2, 0) is 16.1 Å². The number of carboxylic acid groups (broad SMARTS) is 1. The molecule has 0 aliphatic carbocycles. The van der Waals surface area contributed by atoms with Crippen molar-refractivity contribution < 1.29 is 19.4 Å². The summed E-state index contributed by atoms with van der Waals surface area (Å²) in [6, 6.07) is 6.84. The van der Waals surface area contributed by atoms with Gasteiger partial charge in [0.1, 0.15) is 0 Å². The number of aromatic carboxylic acids is 1. The van der Waals surface area contributed by atoms with Crippen LogP contribution in [0.4, 0.5) is 0 Å². The largest absolute Gasteiger partial charge is 0.478 e. The number of methoxy groups -OCH3 is 1. The summed E-state index contributed by atoms with van der Waals surface area (Å²) in [7, 11) is 1.36. The molecule has 0 spiro atoms. The molecule has 5 nitrogen and oxygen atoms in total. The highest BCUT2D eigenvalue weighted by atomic mass is 16.5. The fourth-order valence-corrected chi connectivity index (χ4v) is 1.64. The van der Waals surface area contributed by atoms with E-state index in [0.717, 1.165) is 5.56 Å². The average molecular weight is 265 g/mol. The van der Waals surface area contributed by atoms with Gasteiger partial charge >= 0.3 is 11.9 Å². The summed E-state index contributed by atoms with van der Waals surface area (Å²) in [6.07, 6.45) is 0. The van der Waals surface area contributed by atoms with Gasteiger partial charge in [0.25, 0.3) is 0 Å². The number of esters is 1. The molecule has 0 fully saturated rings. The summed E-state index contributed by atoms with van der Waals surface area (Å²) < 4.78 is 4.66. The van der Waals surface area contributed by atoms with Crippen LogP contribution in [0.15, 0.2) is 24.3 Å². The second-order valence-electron chi connectivity index (χ2n) is 4.58. The van der Waals surface area contributed by atoms with E-state index in [2.05, 4.69) is 4.74 Å². The van der Waals surface area contributed by atoms with E-state index in [9.17, 15) is 9.59 Å². The van der Waals surface area contributed by atoms with Crippen molar-refractivity contribution in [3.05, 3.63) is 35.4 Å². The van der Waals surface area contributed by atoms with Crippen molar-refractivity contribution in [3.63, 3.8) is 0 Å². The Bertz CT molecular complexity index is 439. The summed E-state index contributed by atoms with van der Waals surface area (Å²) in [5.41, 5.74) is 1.22. The van der Waals surface area contributed by atoms with Gasteiger partial charge in [-0.05, 0) is 31.5 Å². The van der Waals surface area contributed by atoms with Gasteiger partial charge in [-0.1, -0.05) is 12.1 Å². The smallest absolute Gasteiger partial charge is 0.335 e. The lowest BCUT2D eigenvalue weighted by Gasteiger charge is -2.25. The monoisotopic (exact) mass is 265 g/mol. The van der Waals surface area contributed by atoms with E-state index in [1.807, 2.05) is 18.7 Å². The number of carbonyl (C=O) groups excluding carboxylic acids is 1. The van der Waals surface area contributed by atoms with Crippen LogP contribution in [0.25, 0.3) is 0 Å². The molecular formula is C14H19NO4. The Morgan fingerprint density at radius 3 is 2.26 bits per heavy atom. The summed E-state index contributed by atoms with van der Waals surface area (Å²) in [6.45, 7) is 4.78. The second-order valence-corrected chi connectivity index (χ2v) is 4.58. The maximum atomic E-state index is 11.3. The lowest BCUT2D eigenvalue weighted by Crippen LogP contribution is -2.35. The number of hydrogen-bond acceptors (Lipinski definition) is 4. The van der Waals surface area contributed by atoms with Crippen molar-refractivity contribution in [1.29, 1.82) is 0 Å². The van der Waals surface area contributed by atoms with Crippen LogP contribution >= 0.6 is 0 Å². The summed E-state index contributed by atoms with van der Waals surface area (Å²) in [5.74, 6) is -1.22. The van der Waals surface area contributed by atoms with E-state index in [1.54, 1.807) is 24.3 Å². The molecule has 0 heterocycles. The molecular weight excluding hydrogens is 246 g/mol. The summed E-state index contributed by atoms with van der Waals surface area (Å²) in [4.78, 5) is 24.0. The molecule has 0 atom stereocenters. The van der Waals surface area contributed by atoms with Crippen LogP contribution < -0.4 is 0 Å². The third-order valence-corrected chi connectivity index (χ3v) is 2.88. The molecule has 0 aliphatic rings. The molecule has 5 heteroatoms. The maximum Gasteiger partial charge on any atom is 0.335 e. The van der Waals surface area contributed by atoms with Crippen LogP contribution in [0.1, 0.15) is 29.8 Å². The molecule has 0 bridgehead atoms. The standard InChI is InChI=1S/C14H19NO4/c1-10(2)15(9-13(16)19-3)8-11-4-6-12(7-5-11)14(17)18/h4-7,10H,8-9H2,1-3H3,(H,17,18). The minimum Gasteiger partial charge on any atom is -0.478 e. The lowest BCUT2D eigenvalue weighted by molar-refractivity contribution is -0.142. The van der Waals surface area contributed by atoms with Gasteiger partial charge in [-0.2, -0.15) is 0 Å². The Hall–Kier alpha value is -1.88. The highest BCUT2D eigenvalue weighted by Crippen LogP contribution is 2.10. The highest BCUT2D eigenvalue weighted by molar-refractivity contribution is 5.87. The molecule has 0 amide bonds. The minimum absolute atomic E-state index is 0.193. The van der Waals surface area contributed by atoms with Crippen LogP contribution in [0.2, 0.25) is 0 Å². The van der Waals surface area contributed by atoms with Gasteiger partial charge in [0.2, 0.25) is 0 Å². The molecule has 1 rings (SSSR count). The van der Waals surface area contributed by atoms with E-state index in [1.165, 1.54) is 7.11 Å². The number of rotatable bonds is 6. The fourth-order valence-electron chi connectivity index (χ4n) is 1.64. The molecule has 0 aromatic heterocycles. The third-order valence-electron chi connectivity index (χ3n) is 2.88. The lowest BCUT2D eigenvalue weighted by atomic mass is 10.1. The van der Waals surface area contributed by atoms with Crippen LogP contribution in [-0.4, -0.2) is 41.6 Å². The third kappa shape index (κ3) is 4.71. The van der Waals surface area contributed by atoms with Gasteiger partial charge in [-0.25, -0.2) is 4.79 Å². The van der Waals surface area contributed by atoms with Crippen LogP contribution in [0.5, 0.6) is 0 Å². The molecule has 0 unspecified atom stereocenters. The zero-order chi connectivity index (χ0) is 14.4. The van der Waals surface area contributed by atoms with E-state index in [-0.39, 0.29) is 24.1 Å². The molecule has 0 radical (unpaired) electrons. The van der Waals surface area contributed by atoms with Crippen molar-refractivity contribution >= 4 is 11.9 Å². The molecule has 0 saturated carbocycles. The Balaban J connectivity index is 2.73. The number of nitrogens with zero attached hydrogens (tertiary/aromatic N) is 1. The topological polar surface area (TPSA) is 66.8 Å². The van der Waals surface area contributed by atoms with Crippen molar-refractivity contribution in [3.8, 4) is 0 Å². The maximum absolute atomic E-state index is 11.3. The fraction of sp³-hybridized carbons (Fsp3) is 0.429. The number of carboxylic acids is 1. The predicted octanol–water partition coefficient (Wildman–Crippen LogP) is 1.77. The molecule has 0 saturated heterocycles. The first-order valence-corrected chi connectivity index (χ1v) is 6.07. The van der Waals surface area contributed by atoms with E-state index in [0.29, 0.717) is 6.54 Å². The van der Waals surface area contributed by atoms with Crippen molar-refractivity contribution in [2.45, 2.75) is 26.4 Å². The quantitative estimate of drug-likeness (QED) is 0.794. The number of hydrogen-bond donors (Lipinski definition) is 1. The normalized spacial score (nSPS) is 10.8. The van der Waals surface area contributed by atoms with E-state index >= 15 is 0 Å². The number of ether oxygens (including phenoxy) is 1. The molecule has 104 valence electrons. The molecule has 1 N–H and O–H groups in total. The van der Waals surface area contributed by atoms with Crippen LogP contribution in [0.3, 0.4) is 0 Å². The van der Waals surface area contributed by atoms with Gasteiger partial charge < -0.3 is 9.84 Å². The van der Waals surface area contributed by atoms with E-state index in [4.69, 9.17) is 5.11 Å². The number of carbonyl (C=O) groups is 2. The Morgan fingerprint density at radius 1 is 1.26 bits per heavy atom. The predicted molar refractivity (Wildman–Crippen MR) is 71.0 cm³/mol. The zero-order valence-electron chi connectivity index (χ0n) is 11.4. The zero-order valence-corrected chi connectivity index (χ0v) is 11.4. The Labute approximate surface area is 112 Å². The molecule has 1 aromatic carbocycles. The average Bonchev–Trinajstić information content (AvgIpc) is 2.38. The van der Waals surface area contributed by atoms with Gasteiger partial charge in [0.05, 0.1) is 19.2 Å².